The Morgan fingerprint density at radius 2 is 2.00 bits per heavy atom. The highest BCUT2D eigenvalue weighted by Gasteiger charge is 2.18. The van der Waals surface area contributed by atoms with Crippen LogP contribution in [0.2, 0.25) is 0 Å². The maximum atomic E-state index is 5.34. The molecule has 0 saturated heterocycles. The first-order chi connectivity index (χ1) is 4.34. The molecule has 54 valence electrons. The van der Waals surface area contributed by atoms with E-state index in [4.69, 9.17) is 5.84 Å². The number of nitrogens with one attached hydrogen (secondary N) is 1. The van der Waals surface area contributed by atoms with Crippen molar-refractivity contribution in [2.75, 3.05) is 0 Å². The van der Waals surface area contributed by atoms with E-state index in [1.165, 1.54) is 25.7 Å². The maximum absolute atomic E-state index is 5.34. The Labute approximate surface area is 56.8 Å². The van der Waals surface area contributed by atoms with Crippen LogP contribution in [0.3, 0.4) is 0 Å². The molecule has 0 bridgehead atoms. The van der Waals surface area contributed by atoms with Crippen molar-refractivity contribution < 1.29 is 0 Å². The zero-order valence-corrected chi connectivity index (χ0v) is 6.06. The second-order valence-electron chi connectivity index (χ2n) is 3.03. The van der Waals surface area contributed by atoms with Crippen LogP contribution >= 0.6 is 0 Å². The van der Waals surface area contributed by atoms with Gasteiger partial charge in [-0.1, -0.05) is 19.8 Å². The molecule has 0 aromatic carbocycles. The Morgan fingerprint density at radius 3 is 2.44 bits per heavy atom. The molecule has 1 rings (SSSR count). The van der Waals surface area contributed by atoms with Crippen molar-refractivity contribution in [3.05, 3.63) is 0 Å². The number of hydrogen-bond donors (Lipinski definition) is 2. The minimum atomic E-state index is 0.582. The van der Waals surface area contributed by atoms with Gasteiger partial charge in [-0.2, -0.15) is 0 Å². The molecular weight excluding hydrogens is 112 g/mol. The van der Waals surface area contributed by atoms with Gasteiger partial charge in [0, 0.05) is 6.04 Å². The Balaban J connectivity index is 2.30. The monoisotopic (exact) mass is 128 g/mol. The summed E-state index contributed by atoms with van der Waals surface area (Å²) in [5.74, 6) is 6.12. The maximum Gasteiger partial charge on any atom is 0.0236 e. The molecule has 0 amide bonds. The fourth-order valence-corrected chi connectivity index (χ4v) is 1.56. The molecule has 2 nitrogen and oxygen atoms in total. The van der Waals surface area contributed by atoms with Crippen molar-refractivity contribution in [2.45, 2.75) is 38.6 Å². The van der Waals surface area contributed by atoms with Crippen LogP contribution < -0.4 is 11.3 Å². The third kappa shape index (κ3) is 1.66. The van der Waals surface area contributed by atoms with Crippen molar-refractivity contribution in [3.63, 3.8) is 0 Å². The van der Waals surface area contributed by atoms with E-state index in [0.29, 0.717) is 6.04 Å². The topological polar surface area (TPSA) is 38.0 Å². The summed E-state index contributed by atoms with van der Waals surface area (Å²) in [6.45, 7) is 2.27. The van der Waals surface area contributed by atoms with E-state index in [1.54, 1.807) is 0 Å². The van der Waals surface area contributed by atoms with Gasteiger partial charge >= 0.3 is 0 Å². The minimum Gasteiger partial charge on any atom is -0.271 e. The average Bonchev–Trinajstić information content (AvgIpc) is 1.89. The fraction of sp³-hybridized carbons (Fsp3) is 1.00. The quantitative estimate of drug-likeness (QED) is 0.409. The normalized spacial score (nSPS) is 36.7. The largest absolute Gasteiger partial charge is 0.271 e. The first-order valence-corrected chi connectivity index (χ1v) is 3.80. The lowest BCUT2D eigenvalue weighted by molar-refractivity contribution is 0.284. The van der Waals surface area contributed by atoms with Gasteiger partial charge < -0.3 is 0 Å². The van der Waals surface area contributed by atoms with Crippen molar-refractivity contribution in [1.29, 1.82) is 0 Å². The van der Waals surface area contributed by atoms with Crippen molar-refractivity contribution in [3.8, 4) is 0 Å². The molecule has 3 N–H and O–H groups in total. The van der Waals surface area contributed by atoms with Gasteiger partial charge in [0.1, 0.15) is 0 Å². The molecule has 2 atom stereocenters. The van der Waals surface area contributed by atoms with Gasteiger partial charge in [-0.25, -0.2) is 0 Å². The van der Waals surface area contributed by atoms with E-state index in [9.17, 15) is 0 Å². The first kappa shape index (κ1) is 7.03. The van der Waals surface area contributed by atoms with Crippen LogP contribution in [0, 0.1) is 5.92 Å². The highest BCUT2D eigenvalue weighted by Crippen LogP contribution is 2.22. The van der Waals surface area contributed by atoms with E-state index in [-0.39, 0.29) is 0 Å². The Bertz CT molecular complexity index is 83.0. The molecule has 2 unspecified atom stereocenters. The molecule has 0 radical (unpaired) electrons. The molecule has 9 heavy (non-hydrogen) atoms. The third-order valence-corrected chi connectivity index (χ3v) is 2.33. The molecule has 1 aliphatic carbocycles. The SMILES string of the molecule is CC1CCCCC1NN. The minimum absolute atomic E-state index is 0.582. The van der Waals surface area contributed by atoms with Crippen LogP contribution in [0.25, 0.3) is 0 Å². The predicted molar refractivity (Wildman–Crippen MR) is 38.7 cm³/mol. The summed E-state index contributed by atoms with van der Waals surface area (Å²) in [6, 6.07) is 0.582. The number of hydrogen-bond acceptors (Lipinski definition) is 2. The smallest absolute Gasteiger partial charge is 0.0236 e. The second kappa shape index (κ2) is 3.18. The van der Waals surface area contributed by atoms with Crippen LogP contribution in [0.1, 0.15) is 32.6 Å². The van der Waals surface area contributed by atoms with Crippen molar-refractivity contribution in [2.24, 2.45) is 11.8 Å². The Kier molecular flexibility index (Phi) is 2.49. The van der Waals surface area contributed by atoms with Crippen LogP contribution in [0.15, 0.2) is 0 Å². The highest BCUT2D eigenvalue weighted by atomic mass is 15.2. The van der Waals surface area contributed by atoms with Gasteiger partial charge in [0.2, 0.25) is 0 Å². The molecule has 1 aliphatic rings. The van der Waals surface area contributed by atoms with E-state index in [1.807, 2.05) is 0 Å². The summed E-state index contributed by atoms with van der Waals surface area (Å²) in [5.41, 5.74) is 2.85. The summed E-state index contributed by atoms with van der Waals surface area (Å²) in [6.07, 6.45) is 5.34. The van der Waals surface area contributed by atoms with Crippen LogP contribution in [-0.2, 0) is 0 Å². The van der Waals surface area contributed by atoms with Gasteiger partial charge in [0.05, 0.1) is 0 Å². The standard InChI is InChI=1S/C7H16N2/c1-6-4-2-3-5-7(6)9-8/h6-7,9H,2-5,8H2,1H3. The van der Waals surface area contributed by atoms with E-state index >= 15 is 0 Å². The van der Waals surface area contributed by atoms with E-state index < -0.39 is 0 Å². The molecule has 1 saturated carbocycles. The summed E-state index contributed by atoms with van der Waals surface area (Å²) < 4.78 is 0. The van der Waals surface area contributed by atoms with Gasteiger partial charge in [0.15, 0.2) is 0 Å². The van der Waals surface area contributed by atoms with Gasteiger partial charge in [-0.3, -0.25) is 11.3 Å². The fourth-order valence-electron chi connectivity index (χ4n) is 1.56. The first-order valence-electron chi connectivity index (χ1n) is 3.80. The molecule has 2 heteroatoms. The summed E-state index contributed by atoms with van der Waals surface area (Å²) in [5, 5.41) is 0. The van der Waals surface area contributed by atoms with Gasteiger partial charge in [-0.05, 0) is 18.8 Å². The number of rotatable bonds is 1. The zero-order chi connectivity index (χ0) is 6.69. The van der Waals surface area contributed by atoms with Gasteiger partial charge in [0.25, 0.3) is 0 Å². The zero-order valence-electron chi connectivity index (χ0n) is 6.06. The predicted octanol–water partition coefficient (Wildman–Crippen LogP) is 1.03. The van der Waals surface area contributed by atoms with Gasteiger partial charge in [-0.15, -0.1) is 0 Å². The Hall–Kier alpha value is -0.0800. The molecule has 0 spiro atoms. The lowest BCUT2D eigenvalue weighted by Gasteiger charge is -2.27. The highest BCUT2D eigenvalue weighted by molar-refractivity contribution is 4.75. The second-order valence-corrected chi connectivity index (χ2v) is 3.03. The van der Waals surface area contributed by atoms with Crippen molar-refractivity contribution >= 4 is 0 Å². The molecule has 1 fully saturated rings. The summed E-state index contributed by atoms with van der Waals surface area (Å²) >= 11 is 0. The molecule has 0 heterocycles. The number of nitrogens with two attached hydrogens (primary N) is 1. The van der Waals surface area contributed by atoms with Crippen LogP contribution in [0.5, 0.6) is 0 Å². The molecular formula is C7H16N2. The number of hydrazine groups is 1. The lowest BCUT2D eigenvalue weighted by atomic mass is 9.86. The lowest BCUT2D eigenvalue weighted by Crippen LogP contribution is -2.41. The molecule has 0 aromatic heterocycles. The van der Waals surface area contributed by atoms with Crippen LogP contribution in [-0.4, -0.2) is 6.04 Å². The molecule has 0 aromatic rings. The van der Waals surface area contributed by atoms with Crippen molar-refractivity contribution in [1.82, 2.24) is 5.43 Å². The summed E-state index contributed by atoms with van der Waals surface area (Å²) in [4.78, 5) is 0. The molecule has 0 aliphatic heterocycles. The third-order valence-electron chi connectivity index (χ3n) is 2.33. The van der Waals surface area contributed by atoms with E-state index in [2.05, 4.69) is 12.3 Å². The summed E-state index contributed by atoms with van der Waals surface area (Å²) in [7, 11) is 0. The van der Waals surface area contributed by atoms with Crippen LogP contribution in [0.4, 0.5) is 0 Å². The van der Waals surface area contributed by atoms with E-state index in [0.717, 1.165) is 5.92 Å². The average molecular weight is 128 g/mol. The Morgan fingerprint density at radius 1 is 1.33 bits per heavy atom.